The first-order chi connectivity index (χ1) is 4.34. The largest absolute Gasteiger partial charge is 0.285 e. The summed E-state index contributed by atoms with van der Waals surface area (Å²) in [6, 6.07) is 7.33. The Morgan fingerprint density at radius 3 is 2.44 bits per heavy atom. The predicted molar refractivity (Wildman–Crippen MR) is 44.0 cm³/mol. The van der Waals surface area contributed by atoms with Crippen molar-refractivity contribution in [2.75, 3.05) is 0 Å². The van der Waals surface area contributed by atoms with E-state index in [0.29, 0.717) is 5.56 Å². The average Bonchev–Trinajstić information content (AvgIpc) is 1.89. The van der Waals surface area contributed by atoms with Gasteiger partial charge in [0.2, 0.25) is 6.29 Å². The molecule has 0 saturated heterocycles. The number of carbonyl (C=O) groups excluding carboxylic acids is 1. The van der Waals surface area contributed by atoms with E-state index < -0.39 is 0 Å². The topological polar surface area (TPSA) is 17.1 Å². The van der Waals surface area contributed by atoms with E-state index >= 15 is 0 Å². The number of hydrogen-bond acceptors (Lipinski definition) is 1. The Bertz CT molecular complexity index is 220. The van der Waals surface area contributed by atoms with Crippen LogP contribution in [0.15, 0.2) is 24.3 Å². The lowest BCUT2D eigenvalue weighted by Gasteiger charge is -1.89. The molecule has 0 saturated carbocycles. The van der Waals surface area contributed by atoms with Crippen molar-refractivity contribution in [2.45, 2.75) is 0 Å². The molecule has 0 amide bonds. The third-order valence-electron chi connectivity index (χ3n) is 0.984. The van der Waals surface area contributed by atoms with Gasteiger partial charge in [-0.25, -0.2) is 0 Å². The standard InChI is InChI=1S/C7H4IO/c8-7-4-2-1-3-6(7)5-9/h1-4H. The second kappa shape index (κ2) is 2.96. The summed E-state index contributed by atoms with van der Waals surface area (Å²) in [5.74, 6) is 0. The smallest absolute Gasteiger partial charge is 0.234 e. The summed E-state index contributed by atoms with van der Waals surface area (Å²) in [5, 5.41) is 0. The Labute approximate surface area is 67.2 Å². The van der Waals surface area contributed by atoms with E-state index in [1.165, 1.54) is 0 Å². The van der Waals surface area contributed by atoms with Crippen LogP contribution in [-0.4, -0.2) is 6.29 Å². The molecular formula is C7H4IO. The molecule has 0 N–H and O–H groups in total. The van der Waals surface area contributed by atoms with E-state index in [9.17, 15) is 4.79 Å². The van der Waals surface area contributed by atoms with Crippen molar-refractivity contribution < 1.29 is 4.79 Å². The first-order valence-electron chi connectivity index (χ1n) is 2.47. The van der Waals surface area contributed by atoms with Crippen LogP contribution >= 0.6 is 22.6 Å². The Kier molecular flexibility index (Phi) is 2.22. The van der Waals surface area contributed by atoms with E-state index in [-0.39, 0.29) is 0 Å². The fourth-order valence-corrected chi connectivity index (χ4v) is 1.04. The lowest BCUT2D eigenvalue weighted by atomic mass is 10.2. The van der Waals surface area contributed by atoms with Crippen molar-refractivity contribution in [3.63, 3.8) is 0 Å². The van der Waals surface area contributed by atoms with Gasteiger partial charge in [0.15, 0.2) is 0 Å². The molecule has 0 heterocycles. The highest BCUT2D eigenvalue weighted by atomic mass is 127. The lowest BCUT2D eigenvalue weighted by molar-refractivity contribution is 0.562. The van der Waals surface area contributed by atoms with Gasteiger partial charge < -0.3 is 0 Å². The molecular weight excluding hydrogens is 227 g/mol. The van der Waals surface area contributed by atoms with Gasteiger partial charge >= 0.3 is 0 Å². The molecule has 0 unspecified atom stereocenters. The maximum Gasteiger partial charge on any atom is 0.234 e. The Balaban J connectivity index is 3.15. The Hall–Kier alpha value is -0.380. The minimum Gasteiger partial charge on any atom is -0.285 e. The van der Waals surface area contributed by atoms with Gasteiger partial charge in [-0.15, -0.1) is 0 Å². The molecule has 1 aromatic carbocycles. The zero-order valence-electron chi connectivity index (χ0n) is 4.60. The molecule has 0 spiro atoms. The molecule has 1 aromatic rings. The van der Waals surface area contributed by atoms with Crippen LogP contribution < -0.4 is 0 Å². The van der Waals surface area contributed by atoms with Gasteiger partial charge in [-0.05, 0) is 34.7 Å². The molecule has 0 aliphatic carbocycles. The summed E-state index contributed by atoms with van der Waals surface area (Å²) in [4.78, 5) is 10.1. The maximum atomic E-state index is 10.1. The monoisotopic (exact) mass is 231 g/mol. The van der Waals surface area contributed by atoms with Crippen molar-refractivity contribution in [1.82, 2.24) is 0 Å². The first kappa shape index (κ1) is 6.74. The van der Waals surface area contributed by atoms with Gasteiger partial charge in [-0.1, -0.05) is 12.1 Å². The van der Waals surface area contributed by atoms with E-state index in [4.69, 9.17) is 0 Å². The highest BCUT2D eigenvalue weighted by Gasteiger charge is 1.93. The molecule has 9 heavy (non-hydrogen) atoms. The van der Waals surface area contributed by atoms with Gasteiger partial charge in [0.25, 0.3) is 0 Å². The van der Waals surface area contributed by atoms with Crippen LogP contribution in [0, 0.1) is 3.57 Å². The van der Waals surface area contributed by atoms with Crippen molar-refractivity contribution in [3.8, 4) is 0 Å². The van der Waals surface area contributed by atoms with Crippen LogP contribution in [0.4, 0.5) is 0 Å². The van der Waals surface area contributed by atoms with Gasteiger partial charge in [-0.2, -0.15) is 0 Å². The van der Waals surface area contributed by atoms with E-state index in [2.05, 4.69) is 22.6 Å². The molecule has 0 aliphatic rings. The van der Waals surface area contributed by atoms with Gasteiger partial charge in [0, 0.05) is 9.13 Å². The molecule has 0 atom stereocenters. The summed E-state index contributed by atoms with van der Waals surface area (Å²) in [6.45, 7) is 0. The lowest BCUT2D eigenvalue weighted by Crippen LogP contribution is -1.82. The highest BCUT2D eigenvalue weighted by Crippen LogP contribution is 2.07. The highest BCUT2D eigenvalue weighted by molar-refractivity contribution is 14.1. The summed E-state index contributed by atoms with van der Waals surface area (Å²) in [6.07, 6.45) is 1.84. The Morgan fingerprint density at radius 2 is 2.00 bits per heavy atom. The summed E-state index contributed by atoms with van der Waals surface area (Å²) < 4.78 is 0.949. The average molecular weight is 231 g/mol. The van der Waals surface area contributed by atoms with Crippen LogP contribution in [0.3, 0.4) is 0 Å². The second-order valence-electron chi connectivity index (χ2n) is 1.58. The summed E-state index contributed by atoms with van der Waals surface area (Å²) in [7, 11) is 0. The molecule has 0 bridgehead atoms. The number of benzene rings is 1. The van der Waals surface area contributed by atoms with E-state index in [1.54, 1.807) is 6.07 Å². The SMILES string of the molecule is O=[C]c1ccccc1I. The molecule has 1 radical (unpaired) electrons. The molecule has 0 fully saturated rings. The third-order valence-corrected chi connectivity index (χ3v) is 1.92. The van der Waals surface area contributed by atoms with Crippen molar-refractivity contribution in [2.24, 2.45) is 0 Å². The van der Waals surface area contributed by atoms with Crippen LogP contribution in [0.5, 0.6) is 0 Å². The van der Waals surface area contributed by atoms with Crippen molar-refractivity contribution in [3.05, 3.63) is 33.4 Å². The summed E-state index contributed by atoms with van der Waals surface area (Å²) >= 11 is 2.10. The first-order valence-corrected chi connectivity index (χ1v) is 3.55. The minimum atomic E-state index is 0.637. The third kappa shape index (κ3) is 1.51. The minimum absolute atomic E-state index is 0.637. The van der Waals surface area contributed by atoms with Crippen molar-refractivity contribution in [1.29, 1.82) is 0 Å². The fourth-order valence-electron chi connectivity index (χ4n) is 0.544. The summed E-state index contributed by atoms with van der Waals surface area (Å²) in [5.41, 5.74) is 0.637. The van der Waals surface area contributed by atoms with Crippen LogP contribution in [0.2, 0.25) is 0 Å². The van der Waals surface area contributed by atoms with Gasteiger partial charge in [-0.3, -0.25) is 4.79 Å². The normalized spacial score (nSPS) is 9.00. The van der Waals surface area contributed by atoms with Crippen LogP contribution in [-0.2, 0) is 4.79 Å². The molecule has 1 rings (SSSR count). The zero-order chi connectivity index (χ0) is 6.69. The molecule has 1 nitrogen and oxygen atoms in total. The maximum absolute atomic E-state index is 10.1. The van der Waals surface area contributed by atoms with E-state index in [0.717, 1.165) is 3.57 Å². The van der Waals surface area contributed by atoms with E-state index in [1.807, 2.05) is 24.5 Å². The molecule has 2 heteroatoms. The van der Waals surface area contributed by atoms with Gasteiger partial charge in [0.05, 0.1) is 0 Å². The molecule has 0 aliphatic heterocycles. The van der Waals surface area contributed by atoms with Gasteiger partial charge in [0.1, 0.15) is 0 Å². The molecule has 45 valence electrons. The second-order valence-corrected chi connectivity index (χ2v) is 2.74. The fraction of sp³-hybridized carbons (Fsp3) is 0. The van der Waals surface area contributed by atoms with Crippen LogP contribution in [0.1, 0.15) is 5.56 Å². The van der Waals surface area contributed by atoms with Crippen molar-refractivity contribution >= 4 is 28.9 Å². The Morgan fingerprint density at radius 1 is 1.33 bits per heavy atom. The zero-order valence-corrected chi connectivity index (χ0v) is 6.75. The number of hydrogen-bond donors (Lipinski definition) is 0. The number of rotatable bonds is 1. The molecule has 0 aromatic heterocycles. The predicted octanol–water partition coefficient (Wildman–Crippen LogP) is 1.75. The van der Waals surface area contributed by atoms with Crippen LogP contribution in [0.25, 0.3) is 0 Å². The number of halogens is 1. The quantitative estimate of drug-likeness (QED) is 0.673.